The molecule has 0 radical (unpaired) electrons. The van der Waals surface area contributed by atoms with Gasteiger partial charge in [-0.3, -0.25) is 9.59 Å². The molecule has 2 rings (SSSR count). The first-order valence-electron chi connectivity index (χ1n) is 6.04. The van der Waals surface area contributed by atoms with Gasteiger partial charge in [0.2, 0.25) is 11.8 Å². The number of hydrogen-bond donors (Lipinski definition) is 3. The smallest absolute Gasteiger partial charge is 0.248 e. The highest BCUT2D eigenvalue weighted by Crippen LogP contribution is 2.27. The fraction of sp³-hybridized carbons (Fsp3) is 0.385. The van der Waals surface area contributed by atoms with Crippen LogP contribution in [0.5, 0.6) is 0 Å². The topological polar surface area (TPSA) is 84.2 Å². The summed E-state index contributed by atoms with van der Waals surface area (Å²) in [7, 11) is 0. The number of primary amides is 1. The first-order chi connectivity index (χ1) is 8.92. The van der Waals surface area contributed by atoms with Gasteiger partial charge < -0.3 is 16.4 Å². The van der Waals surface area contributed by atoms with Crippen LogP contribution in [0.3, 0.4) is 0 Å². The number of benzene rings is 1. The molecule has 20 heavy (non-hydrogen) atoms. The van der Waals surface area contributed by atoms with Crippen molar-refractivity contribution in [2.45, 2.75) is 13.3 Å². The first kappa shape index (κ1) is 16.4. The number of nitrogens with one attached hydrogen (secondary N) is 2. The standard InChI is InChI=1S/C13H16FN3O2.ClH/c1-13(4-5-16-7-13)12(19)17-10-6-8(11(15)18)2-3-9(10)14;/h2-3,6,16H,4-5,7H2,1H3,(H2,15,18)(H,17,19);1H. The monoisotopic (exact) mass is 301 g/mol. The lowest BCUT2D eigenvalue weighted by Gasteiger charge is -2.21. The summed E-state index contributed by atoms with van der Waals surface area (Å²) in [5.74, 6) is -1.52. The molecule has 0 aliphatic carbocycles. The molecule has 1 aliphatic rings. The molecule has 1 aliphatic heterocycles. The highest BCUT2D eigenvalue weighted by Gasteiger charge is 2.36. The van der Waals surface area contributed by atoms with Crippen LogP contribution < -0.4 is 16.4 Å². The summed E-state index contributed by atoms with van der Waals surface area (Å²) in [5.41, 5.74) is 4.71. The highest BCUT2D eigenvalue weighted by atomic mass is 35.5. The molecule has 5 nitrogen and oxygen atoms in total. The van der Waals surface area contributed by atoms with Gasteiger partial charge in [0, 0.05) is 12.1 Å². The molecule has 0 bridgehead atoms. The van der Waals surface area contributed by atoms with Crippen LogP contribution in [0.25, 0.3) is 0 Å². The molecule has 0 spiro atoms. The minimum absolute atomic E-state index is 0. The Labute approximate surface area is 122 Å². The van der Waals surface area contributed by atoms with Gasteiger partial charge in [0.05, 0.1) is 11.1 Å². The Morgan fingerprint density at radius 1 is 1.45 bits per heavy atom. The van der Waals surface area contributed by atoms with E-state index in [9.17, 15) is 14.0 Å². The minimum Gasteiger partial charge on any atom is -0.366 e. The molecule has 7 heteroatoms. The lowest BCUT2D eigenvalue weighted by molar-refractivity contribution is -0.123. The van der Waals surface area contributed by atoms with Gasteiger partial charge >= 0.3 is 0 Å². The summed E-state index contributed by atoms with van der Waals surface area (Å²) in [4.78, 5) is 23.2. The fourth-order valence-corrected chi connectivity index (χ4v) is 2.06. The quantitative estimate of drug-likeness (QED) is 0.786. The van der Waals surface area contributed by atoms with Crippen LogP contribution in [-0.4, -0.2) is 24.9 Å². The predicted octanol–water partition coefficient (Wildman–Crippen LogP) is 1.28. The van der Waals surface area contributed by atoms with Gasteiger partial charge in [0.25, 0.3) is 0 Å². The summed E-state index contributed by atoms with van der Waals surface area (Å²) in [6.45, 7) is 3.13. The molecule has 110 valence electrons. The van der Waals surface area contributed by atoms with E-state index in [4.69, 9.17) is 5.73 Å². The van der Waals surface area contributed by atoms with Crippen molar-refractivity contribution in [1.82, 2.24) is 5.32 Å². The number of carbonyl (C=O) groups excluding carboxylic acids is 2. The van der Waals surface area contributed by atoms with Crippen LogP contribution >= 0.6 is 12.4 Å². The Morgan fingerprint density at radius 2 is 2.15 bits per heavy atom. The zero-order valence-electron chi connectivity index (χ0n) is 11.0. The van der Waals surface area contributed by atoms with Gasteiger partial charge in [-0.15, -0.1) is 12.4 Å². The third-order valence-corrected chi connectivity index (χ3v) is 3.42. The van der Waals surface area contributed by atoms with Crippen molar-refractivity contribution in [3.8, 4) is 0 Å². The molecular formula is C13H17ClFN3O2. The molecule has 1 heterocycles. The number of rotatable bonds is 3. The van der Waals surface area contributed by atoms with Gasteiger partial charge in [-0.25, -0.2) is 4.39 Å². The molecule has 1 unspecified atom stereocenters. The van der Waals surface area contributed by atoms with Crippen LogP contribution in [0.1, 0.15) is 23.7 Å². The van der Waals surface area contributed by atoms with E-state index in [0.717, 1.165) is 12.6 Å². The van der Waals surface area contributed by atoms with E-state index >= 15 is 0 Å². The Bertz CT molecular complexity index is 530. The summed E-state index contributed by atoms with van der Waals surface area (Å²) in [5, 5.41) is 5.62. The van der Waals surface area contributed by atoms with Gasteiger partial charge in [-0.2, -0.15) is 0 Å². The molecule has 2 amide bonds. The van der Waals surface area contributed by atoms with Crippen LogP contribution in [0, 0.1) is 11.2 Å². The molecular weight excluding hydrogens is 285 g/mol. The van der Waals surface area contributed by atoms with Crippen LogP contribution in [-0.2, 0) is 4.79 Å². The van der Waals surface area contributed by atoms with Crippen molar-refractivity contribution >= 4 is 29.9 Å². The summed E-state index contributed by atoms with van der Waals surface area (Å²) >= 11 is 0. The highest BCUT2D eigenvalue weighted by molar-refractivity contribution is 5.98. The average Bonchev–Trinajstić information content (AvgIpc) is 2.80. The molecule has 1 saturated heterocycles. The Morgan fingerprint density at radius 3 is 2.70 bits per heavy atom. The number of halogens is 2. The fourth-order valence-electron chi connectivity index (χ4n) is 2.06. The maximum atomic E-state index is 13.6. The summed E-state index contributed by atoms with van der Waals surface area (Å²) in [6.07, 6.45) is 0.690. The molecule has 4 N–H and O–H groups in total. The molecule has 1 atom stereocenters. The van der Waals surface area contributed by atoms with Gasteiger partial charge in [0.15, 0.2) is 0 Å². The van der Waals surface area contributed by atoms with Crippen molar-refractivity contribution < 1.29 is 14.0 Å². The number of nitrogens with two attached hydrogens (primary N) is 1. The lowest BCUT2D eigenvalue weighted by atomic mass is 9.88. The van der Waals surface area contributed by atoms with Crippen molar-refractivity contribution in [2.75, 3.05) is 18.4 Å². The van der Waals surface area contributed by atoms with E-state index in [0.29, 0.717) is 13.0 Å². The van der Waals surface area contributed by atoms with E-state index in [2.05, 4.69) is 10.6 Å². The SMILES string of the molecule is CC1(C(=O)Nc2cc(C(N)=O)ccc2F)CCNC1.Cl. The van der Waals surface area contributed by atoms with Crippen LogP contribution in [0.15, 0.2) is 18.2 Å². The minimum atomic E-state index is -0.663. The second-order valence-electron chi connectivity index (χ2n) is 5.00. The maximum Gasteiger partial charge on any atom is 0.248 e. The summed E-state index contributed by atoms with van der Waals surface area (Å²) < 4.78 is 13.6. The largest absolute Gasteiger partial charge is 0.366 e. The van der Waals surface area contributed by atoms with E-state index < -0.39 is 17.1 Å². The molecule has 1 aromatic rings. The molecule has 0 saturated carbocycles. The van der Waals surface area contributed by atoms with Crippen molar-refractivity contribution in [2.24, 2.45) is 11.1 Å². The molecule has 0 aromatic heterocycles. The number of anilines is 1. The zero-order valence-corrected chi connectivity index (χ0v) is 11.8. The summed E-state index contributed by atoms with van der Waals surface area (Å²) in [6, 6.07) is 3.65. The van der Waals surface area contributed by atoms with E-state index in [1.165, 1.54) is 12.1 Å². The number of hydrogen-bond acceptors (Lipinski definition) is 3. The van der Waals surface area contributed by atoms with E-state index in [1.807, 2.05) is 6.92 Å². The lowest BCUT2D eigenvalue weighted by Crippen LogP contribution is -2.35. The van der Waals surface area contributed by atoms with Crippen molar-refractivity contribution in [3.05, 3.63) is 29.6 Å². The van der Waals surface area contributed by atoms with E-state index in [-0.39, 0.29) is 29.6 Å². The Hall–Kier alpha value is -1.66. The van der Waals surface area contributed by atoms with Gasteiger partial charge in [-0.1, -0.05) is 0 Å². The van der Waals surface area contributed by atoms with E-state index in [1.54, 1.807) is 0 Å². The van der Waals surface area contributed by atoms with Gasteiger partial charge in [0.1, 0.15) is 5.82 Å². The third kappa shape index (κ3) is 3.26. The van der Waals surface area contributed by atoms with Crippen molar-refractivity contribution in [1.29, 1.82) is 0 Å². The molecule has 1 fully saturated rings. The third-order valence-electron chi connectivity index (χ3n) is 3.42. The number of carbonyl (C=O) groups is 2. The molecule has 1 aromatic carbocycles. The van der Waals surface area contributed by atoms with Crippen LogP contribution in [0.2, 0.25) is 0 Å². The van der Waals surface area contributed by atoms with Crippen molar-refractivity contribution in [3.63, 3.8) is 0 Å². The normalized spacial score (nSPS) is 21.1. The second-order valence-corrected chi connectivity index (χ2v) is 5.00. The van der Waals surface area contributed by atoms with Crippen LogP contribution in [0.4, 0.5) is 10.1 Å². The predicted molar refractivity (Wildman–Crippen MR) is 76.4 cm³/mol. The first-order valence-corrected chi connectivity index (χ1v) is 6.04. The second kappa shape index (κ2) is 6.19. The maximum absolute atomic E-state index is 13.6. The zero-order chi connectivity index (χ0) is 14.0. The van der Waals surface area contributed by atoms with Gasteiger partial charge in [-0.05, 0) is 38.1 Å². The Balaban J connectivity index is 0.00000200. The Kier molecular flexibility index (Phi) is 5.08. The number of amides is 2. The average molecular weight is 302 g/mol.